The van der Waals surface area contributed by atoms with Crippen LogP contribution in [0.15, 0.2) is 6.30 Å². The molecule has 0 aromatic carbocycles. The highest BCUT2D eigenvalue weighted by molar-refractivity contribution is 6.50. The maximum atomic E-state index is 9.75. The summed E-state index contributed by atoms with van der Waals surface area (Å²) in [6.45, 7) is 0.885. The minimum absolute atomic E-state index is 0.336. The zero-order chi connectivity index (χ0) is 11.6. The highest BCUT2D eigenvalue weighted by Crippen LogP contribution is 2.06. The molecule has 0 unspecified atom stereocenters. The lowest BCUT2D eigenvalue weighted by atomic mass is 10.3. The fourth-order valence-electron chi connectivity index (χ4n) is 1.05. The van der Waals surface area contributed by atoms with E-state index in [0.717, 1.165) is 25.2 Å². The number of fused-ring (bicyclic) bond motifs is 1. The van der Waals surface area contributed by atoms with Gasteiger partial charge in [-0.05, 0) is 0 Å². The van der Waals surface area contributed by atoms with E-state index in [1.807, 2.05) is 4.57 Å². The number of hydrogen-bond donors (Lipinski definition) is 1. The predicted octanol–water partition coefficient (Wildman–Crippen LogP) is 0.362. The first kappa shape index (κ1) is 7.34. The molecule has 8 heteroatoms. The van der Waals surface area contributed by atoms with Crippen molar-refractivity contribution in [1.82, 2.24) is 5.10 Å². The molecule has 2 N–H and O–H groups in total. The SMILES string of the molecule is F[B-](F)(F)F.[2H]c1[nH][n+]([2H])c2[n+]1CCC2. The van der Waals surface area contributed by atoms with Gasteiger partial charge in [-0.3, -0.25) is 0 Å². The van der Waals surface area contributed by atoms with Gasteiger partial charge in [-0.25, -0.2) is 0 Å². The van der Waals surface area contributed by atoms with Gasteiger partial charge in [-0.1, -0.05) is 5.09 Å². The summed E-state index contributed by atoms with van der Waals surface area (Å²) in [5.41, 5.74) is 0. The van der Waals surface area contributed by atoms with Crippen molar-refractivity contribution in [3.63, 3.8) is 0 Å². The van der Waals surface area contributed by atoms with Gasteiger partial charge in [0, 0.05) is 6.42 Å². The molecule has 0 amide bonds. The van der Waals surface area contributed by atoms with Crippen LogP contribution < -0.4 is 9.66 Å². The third-order valence-electron chi connectivity index (χ3n) is 1.46. The number of hydrogen-bond acceptors (Lipinski definition) is 0. The van der Waals surface area contributed by atoms with Crippen LogP contribution in [0.2, 0.25) is 1.41 Å². The second-order valence-corrected chi connectivity index (χ2v) is 2.50. The quantitative estimate of drug-likeness (QED) is 0.356. The Morgan fingerprint density at radius 1 is 1.62 bits per heavy atom. The van der Waals surface area contributed by atoms with Gasteiger partial charge in [0.25, 0.3) is 6.30 Å². The molecule has 0 saturated carbocycles. The lowest BCUT2D eigenvalue weighted by molar-refractivity contribution is -0.721. The van der Waals surface area contributed by atoms with E-state index in [1.54, 1.807) is 0 Å². The molecule has 1 aliphatic rings. The minimum atomic E-state index is -6.00. The standard InChI is InChI=1S/C5H7N3.BF4/c1-2-5-7-6-4-8(5)3-1;2-1(3,4)5/h4H,1-3H2;/q;-1/p+2/i4D;/hD. The van der Waals surface area contributed by atoms with Gasteiger partial charge in [0.1, 0.15) is 6.42 Å². The van der Waals surface area contributed by atoms with Gasteiger partial charge in [-0.2, -0.15) is 0 Å². The molecular formula is C5H9BF4N3+. The molecule has 0 bridgehead atoms. The maximum absolute atomic E-state index is 9.75. The van der Waals surface area contributed by atoms with Crippen molar-refractivity contribution in [1.29, 1.82) is 0 Å². The molecule has 1 aromatic heterocycles. The van der Waals surface area contributed by atoms with E-state index < -0.39 is 7.25 Å². The third kappa shape index (κ3) is 3.91. The van der Waals surface area contributed by atoms with Gasteiger partial charge in [0.15, 0.2) is 7.92 Å². The number of halogens is 4. The second kappa shape index (κ2) is 3.76. The molecule has 3 nitrogen and oxygen atoms in total. The van der Waals surface area contributed by atoms with Gasteiger partial charge >= 0.3 is 14.5 Å². The fourth-order valence-corrected chi connectivity index (χ4v) is 1.05. The Balaban J connectivity index is 0.000000195. The topological polar surface area (TPSA) is 33.8 Å². The normalized spacial score (nSPS) is 16.9. The van der Waals surface area contributed by atoms with Gasteiger partial charge in [-0.15, -0.1) is 9.67 Å². The highest BCUT2D eigenvalue weighted by atomic mass is 19.5. The summed E-state index contributed by atoms with van der Waals surface area (Å²) < 4.78 is 55.5. The lowest BCUT2D eigenvalue weighted by Crippen LogP contribution is -2.31. The average Bonchev–Trinajstić information content (AvgIpc) is 2.54. The second-order valence-electron chi connectivity index (χ2n) is 2.50. The van der Waals surface area contributed by atoms with Crippen molar-refractivity contribution >= 4 is 7.25 Å². The molecule has 0 saturated heterocycles. The molecule has 0 atom stereocenters. The van der Waals surface area contributed by atoms with Gasteiger partial charge < -0.3 is 17.3 Å². The van der Waals surface area contributed by atoms with Crippen molar-refractivity contribution < 1.29 is 29.7 Å². The fraction of sp³-hybridized carbons (Fsp3) is 0.600. The molecule has 74 valence electrons. The van der Waals surface area contributed by atoms with Gasteiger partial charge in [0.2, 0.25) is 0 Å². The zero-order valence-corrected chi connectivity index (χ0v) is 6.60. The summed E-state index contributed by atoms with van der Waals surface area (Å²) in [5, 5.41) is 3.77. The molecule has 1 aromatic rings. The molecule has 0 aliphatic carbocycles. The Morgan fingerprint density at radius 3 is 2.77 bits per heavy atom. The summed E-state index contributed by atoms with van der Waals surface area (Å²) in [6.07, 6.45) is 2.32. The number of nitrogens with zero attached hydrogens (tertiary/aromatic N) is 1. The van der Waals surface area contributed by atoms with E-state index in [4.69, 9.17) is 2.78 Å². The van der Waals surface area contributed by atoms with E-state index in [0.29, 0.717) is 6.30 Å². The molecule has 1 aliphatic heterocycles. The Kier molecular flexibility index (Phi) is 2.12. The number of aromatic nitrogens is 3. The van der Waals surface area contributed by atoms with Crippen molar-refractivity contribution in [3.05, 3.63) is 12.1 Å². The summed E-state index contributed by atoms with van der Waals surface area (Å²) in [6, 6.07) is 0. The van der Waals surface area contributed by atoms with Crippen molar-refractivity contribution in [2.24, 2.45) is 0 Å². The smallest absolute Gasteiger partial charge is 0.418 e. The predicted molar refractivity (Wildman–Crippen MR) is 36.1 cm³/mol. The maximum Gasteiger partial charge on any atom is 0.673 e. The van der Waals surface area contributed by atoms with E-state index in [9.17, 15) is 17.3 Å². The molecule has 13 heavy (non-hydrogen) atoms. The van der Waals surface area contributed by atoms with E-state index in [-0.39, 0.29) is 0 Å². The van der Waals surface area contributed by atoms with Crippen LogP contribution in [-0.4, -0.2) is 12.4 Å². The number of nitrogens with one attached hydrogen (secondary N) is 2. The third-order valence-corrected chi connectivity index (χ3v) is 1.46. The highest BCUT2D eigenvalue weighted by Gasteiger charge is 2.25. The van der Waals surface area contributed by atoms with E-state index >= 15 is 0 Å². The van der Waals surface area contributed by atoms with Crippen molar-refractivity contribution in [2.75, 3.05) is 0 Å². The Bertz CT molecular complexity index is 322. The van der Waals surface area contributed by atoms with Gasteiger partial charge in [0.05, 0.1) is 0 Å². The summed E-state index contributed by atoms with van der Waals surface area (Å²) in [7, 11) is -6.00. The first-order valence-corrected chi connectivity index (χ1v) is 3.69. The Labute approximate surface area is 74.7 Å². The Hall–Kier alpha value is -1.08. The monoisotopic (exact) mass is 200 g/mol. The van der Waals surface area contributed by atoms with Crippen LogP contribution in [0.5, 0.6) is 0 Å². The van der Waals surface area contributed by atoms with Crippen LogP contribution in [0.25, 0.3) is 0 Å². The minimum Gasteiger partial charge on any atom is -0.418 e. The van der Waals surface area contributed by atoms with Crippen LogP contribution >= 0.6 is 0 Å². The number of aromatic amines is 2. The molecule has 0 fully saturated rings. The number of H-pyrrole nitrogens is 2. The Morgan fingerprint density at radius 2 is 2.23 bits per heavy atom. The molecule has 2 heterocycles. The summed E-state index contributed by atoms with van der Waals surface area (Å²) in [5.74, 6) is 0.907. The zero-order valence-electron chi connectivity index (χ0n) is 8.60. The first-order valence-electron chi connectivity index (χ1n) is 4.63. The van der Waals surface area contributed by atoms with Crippen LogP contribution in [-0.2, 0) is 13.0 Å². The first-order chi connectivity index (χ1) is 6.79. The molecule has 0 radical (unpaired) electrons. The van der Waals surface area contributed by atoms with Crippen LogP contribution in [0.4, 0.5) is 17.3 Å². The molecule has 0 spiro atoms. The molecule has 2 rings (SSSR count). The summed E-state index contributed by atoms with van der Waals surface area (Å²) >= 11 is 0. The van der Waals surface area contributed by atoms with E-state index in [2.05, 4.69) is 5.10 Å². The largest absolute Gasteiger partial charge is 0.673 e. The van der Waals surface area contributed by atoms with Crippen molar-refractivity contribution in [2.45, 2.75) is 19.4 Å². The number of rotatable bonds is 0. The van der Waals surface area contributed by atoms with E-state index in [1.165, 1.54) is 5.09 Å². The van der Waals surface area contributed by atoms with Crippen LogP contribution in [0.3, 0.4) is 0 Å². The van der Waals surface area contributed by atoms with Crippen molar-refractivity contribution in [3.8, 4) is 0 Å². The van der Waals surface area contributed by atoms with Crippen LogP contribution in [0, 0.1) is 0 Å². The van der Waals surface area contributed by atoms with Crippen LogP contribution in [0.1, 0.15) is 13.6 Å². The molecular weight excluding hydrogens is 189 g/mol. The lowest BCUT2D eigenvalue weighted by Gasteiger charge is -1.94. The average molecular weight is 200 g/mol. The summed E-state index contributed by atoms with van der Waals surface area (Å²) in [4.78, 5) is 0.